The van der Waals surface area contributed by atoms with E-state index in [1.807, 2.05) is 0 Å². The number of phenols is 1. The normalized spacial score (nSPS) is 9.95. The van der Waals surface area contributed by atoms with Gasteiger partial charge in [-0.15, -0.1) is 0 Å². The van der Waals surface area contributed by atoms with Crippen molar-refractivity contribution in [1.29, 1.82) is 0 Å². The molecule has 0 fully saturated rings. The number of benzene rings is 2. The van der Waals surface area contributed by atoms with Crippen LogP contribution >= 0.6 is 12.2 Å². The number of phenolic OH excluding ortho intramolecular Hbond substituents is 1. The van der Waals surface area contributed by atoms with Crippen molar-refractivity contribution in [2.24, 2.45) is 5.73 Å². The number of rotatable bonds is 4. The Balaban J connectivity index is 2.22. The molecule has 4 N–H and O–H groups in total. The van der Waals surface area contributed by atoms with Crippen LogP contribution in [0.1, 0.15) is 15.9 Å². The first-order chi connectivity index (χ1) is 10.0. The third kappa shape index (κ3) is 3.49. The average molecular weight is 302 g/mol. The van der Waals surface area contributed by atoms with E-state index in [1.54, 1.807) is 30.3 Å². The maximum Gasteiger partial charge on any atom is 0.259 e. The summed E-state index contributed by atoms with van der Waals surface area (Å²) in [5.74, 6) is -0.118. The molecule has 108 valence electrons. The van der Waals surface area contributed by atoms with Gasteiger partial charge in [0.05, 0.1) is 12.7 Å². The van der Waals surface area contributed by atoms with E-state index < -0.39 is 5.91 Å². The van der Waals surface area contributed by atoms with Crippen LogP contribution in [0.5, 0.6) is 11.5 Å². The summed E-state index contributed by atoms with van der Waals surface area (Å²) in [5.41, 5.74) is 6.89. The summed E-state index contributed by atoms with van der Waals surface area (Å²) in [5, 5.41) is 12.5. The van der Waals surface area contributed by atoms with Crippen LogP contribution in [0.2, 0.25) is 0 Å². The molecule has 0 aliphatic heterocycles. The highest BCUT2D eigenvalue weighted by molar-refractivity contribution is 7.80. The molecule has 0 saturated carbocycles. The van der Waals surface area contributed by atoms with Gasteiger partial charge in [0.15, 0.2) is 0 Å². The molecule has 2 aromatic carbocycles. The number of carbonyl (C=O) groups excluding carboxylic acids is 1. The summed E-state index contributed by atoms with van der Waals surface area (Å²) in [6.07, 6.45) is 0. The van der Waals surface area contributed by atoms with Crippen LogP contribution in [0.4, 0.5) is 5.69 Å². The smallest absolute Gasteiger partial charge is 0.259 e. The van der Waals surface area contributed by atoms with Crippen molar-refractivity contribution in [2.75, 3.05) is 12.4 Å². The number of ether oxygens (including phenoxy) is 1. The minimum Gasteiger partial charge on any atom is -0.507 e. The number of carbonyl (C=O) groups is 1. The quantitative estimate of drug-likeness (QED) is 0.755. The minimum absolute atomic E-state index is 0.150. The van der Waals surface area contributed by atoms with Crippen LogP contribution in [-0.4, -0.2) is 23.1 Å². The molecule has 0 saturated heterocycles. The lowest BCUT2D eigenvalue weighted by molar-refractivity contribution is 0.102. The Labute approximate surface area is 127 Å². The van der Waals surface area contributed by atoms with Gasteiger partial charge < -0.3 is 20.9 Å². The fourth-order valence-corrected chi connectivity index (χ4v) is 1.91. The Kier molecular flexibility index (Phi) is 4.39. The van der Waals surface area contributed by atoms with Gasteiger partial charge >= 0.3 is 0 Å². The second kappa shape index (κ2) is 6.23. The number of nitrogens with two attached hydrogens (primary N) is 1. The molecule has 0 radical (unpaired) electrons. The van der Waals surface area contributed by atoms with Gasteiger partial charge in [0.2, 0.25) is 0 Å². The van der Waals surface area contributed by atoms with E-state index in [9.17, 15) is 9.90 Å². The molecule has 2 rings (SSSR count). The lowest BCUT2D eigenvalue weighted by atomic mass is 10.1. The molecular formula is C15H14N2O3S. The van der Waals surface area contributed by atoms with Crippen molar-refractivity contribution in [3.63, 3.8) is 0 Å². The first-order valence-corrected chi connectivity index (χ1v) is 6.50. The third-order valence-electron chi connectivity index (χ3n) is 2.85. The van der Waals surface area contributed by atoms with Crippen molar-refractivity contribution in [3.05, 3.63) is 53.6 Å². The standard InChI is InChI=1S/C15H14N2O3S/c1-20-11-5-6-12(13(18)8-11)15(19)17-10-4-2-3-9(7-10)14(16)21/h2-8,18H,1H3,(H2,16,21)(H,17,19). The highest BCUT2D eigenvalue weighted by Gasteiger charge is 2.12. The molecule has 0 unspecified atom stereocenters. The summed E-state index contributed by atoms with van der Waals surface area (Å²) < 4.78 is 4.97. The Morgan fingerprint density at radius 2 is 2.05 bits per heavy atom. The second-order valence-corrected chi connectivity index (χ2v) is 4.72. The maximum absolute atomic E-state index is 12.1. The molecule has 2 aromatic rings. The summed E-state index contributed by atoms with van der Waals surface area (Å²) in [6, 6.07) is 11.3. The Morgan fingerprint density at radius 1 is 1.29 bits per heavy atom. The number of thiocarbonyl (C=S) groups is 1. The number of anilines is 1. The van der Waals surface area contributed by atoms with Gasteiger partial charge in [0, 0.05) is 17.3 Å². The zero-order valence-corrected chi connectivity index (χ0v) is 12.1. The van der Waals surface area contributed by atoms with E-state index in [4.69, 9.17) is 22.7 Å². The van der Waals surface area contributed by atoms with E-state index >= 15 is 0 Å². The van der Waals surface area contributed by atoms with Gasteiger partial charge in [-0.25, -0.2) is 0 Å². The highest BCUT2D eigenvalue weighted by atomic mass is 32.1. The number of methoxy groups -OCH3 is 1. The number of nitrogens with one attached hydrogen (secondary N) is 1. The van der Waals surface area contributed by atoms with Gasteiger partial charge in [0.1, 0.15) is 16.5 Å². The Bertz CT molecular complexity index is 701. The molecule has 0 spiro atoms. The monoisotopic (exact) mass is 302 g/mol. The van der Waals surface area contributed by atoms with Crippen LogP contribution in [0.15, 0.2) is 42.5 Å². The molecule has 1 amide bonds. The predicted molar refractivity (Wildman–Crippen MR) is 84.9 cm³/mol. The van der Waals surface area contributed by atoms with E-state index in [-0.39, 0.29) is 16.3 Å². The summed E-state index contributed by atoms with van der Waals surface area (Å²) in [6.45, 7) is 0. The van der Waals surface area contributed by atoms with E-state index in [0.29, 0.717) is 17.0 Å². The highest BCUT2D eigenvalue weighted by Crippen LogP contribution is 2.24. The van der Waals surface area contributed by atoms with Crippen molar-refractivity contribution >= 4 is 28.8 Å². The first-order valence-electron chi connectivity index (χ1n) is 6.09. The van der Waals surface area contributed by atoms with Gasteiger partial charge in [-0.1, -0.05) is 24.4 Å². The number of aromatic hydroxyl groups is 1. The number of hydrogen-bond donors (Lipinski definition) is 3. The van der Waals surface area contributed by atoms with Crippen LogP contribution in [0.3, 0.4) is 0 Å². The minimum atomic E-state index is -0.435. The van der Waals surface area contributed by atoms with Gasteiger partial charge in [-0.3, -0.25) is 4.79 Å². The summed E-state index contributed by atoms with van der Waals surface area (Å²) >= 11 is 4.89. The van der Waals surface area contributed by atoms with Crippen molar-refractivity contribution in [1.82, 2.24) is 0 Å². The molecule has 0 aromatic heterocycles. The van der Waals surface area contributed by atoms with Crippen LogP contribution in [0, 0.1) is 0 Å². The van der Waals surface area contributed by atoms with Crippen LogP contribution < -0.4 is 15.8 Å². The molecule has 0 aliphatic carbocycles. The largest absolute Gasteiger partial charge is 0.507 e. The molecule has 6 heteroatoms. The molecule has 0 aliphatic rings. The summed E-state index contributed by atoms with van der Waals surface area (Å²) in [7, 11) is 1.48. The molecule has 0 bridgehead atoms. The fraction of sp³-hybridized carbons (Fsp3) is 0.0667. The lowest BCUT2D eigenvalue weighted by Gasteiger charge is -2.09. The lowest BCUT2D eigenvalue weighted by Crippen LogP contribution is -2.14. The van der Waals surface area contributed by atoms with Gasteiger partial charge in [-0.2, -0.15) is 0 Å². The molecule has 5 nitrogen and oxygen atoms in total. The van der Waals surface area contributed by atoms with Crippen molar-refractivity contribution in [3.8, 4) is 11.5 Å². The maximum atomic E-state index is 12.1. The molecule has 21 heavy (non-hydrogen) atoms. The Hall–Kier alpha value is -2.60. The fourth-order valence-electron chi connectivity index (χ4n) is 1.78. The van der Waals surface area contributed by atoms with Crippen LogP contribution in [0.25, 0.3) is 0 Å². The SMILES string of the molecule is COc1ccc(C(=O)Nc2cccc(C(N)=S)c2)c(O)c1. The second-order valence-electron chi connectivity index (χ2n) is 4.28. The zero-order chi connectivity index (χ0) is 15.4. The average Bonchev–Trinajstić information content (AvgIpc) is 2.47. The third-order valence-corrected chi connectivity index (χ3v) is 3.09. The number of hydrogen-bond acceptors (Lipinski definition) is 4. The van der Waals surface area contributed by atoms with E-state index in [1.165, 1.54) is 19.2 Å². The number of amides is 1. The topological polar surface area (TPSA) is 84.6 Å². The Morgan fingerprint density at radius 3 is 2.67 bits per heavy atom. The van der Waals surface area contributed by atoms with Gasteiger partial charge in [-0.05, 0) is 24.3 Å². The van der Waals surface area contributed by atoms with Crippen molar-refractivity contribution < 1.29 is 14.6 Å². The van der Waals surface area contributed by atoms with E-state index in [0.717, 1.165) is 0 Å². The summed E-state index contributed by atoms with van der Waals surface area (Å²) in [4.78, 5) is 12.4. The van der Waals surface area contributed by atoms with Gasteiger partial charge in [0.25, 0.3) is 5.91 Å². The molecular weight excluding hydrogens is 288 g/mol. The first kappa shape index (κ1) is 14.8. The van der Waals surface area contributed by atoms with E-state index in [2.05, 4.69) is 5.32 Å². The molecule has 0 atom stereocenters. The van der Waals surface area contributed by atoms with Crippen molar-refractivity contribution in [2.45, 2.75) is 0 Å². The zero-order valence-electron chi connectivity index (χ0n) is 11.3. The molecule has 0 heterocycles. The van der Waals surface area contributed by atoms with Crippen LogP contribution in [-0.2, 0) is 0 Å². The predicted octanol–water partition coefficient (Wildman–Crippen LogP) is 2.29.